The number of aryl methyl sites for hydroxylation is 1. The zero-order chi connectivity index (χ0) is 19.5. The van der Waals surface area contributed by atoms with Gasteiger partial charge in [-0.1, -0.05) is 22.0 Å². The van der Waals surface area contributed by atoms with Crippen molar-refractivity contribution in [3.63, 3.8) is 0 Å². The van der Waals surface area contributed by atoms with E-state index in [-0.39, 0.29) is 0 Å². The molecule has 1 N–H and O–H groups in total. The number of hydrogen-bond donors (Lipinski definition) is 1. The van der Waals surface area contributed by atoms with Crippen molar-refractivity contribution in [1.29, 1.82) is 0 Å². The summed E-state index contributed by atoms with van der Waals surface area (Å²) in [4.78, 5) is 12.7. The van der Waals surface area contributed by atoms with E-state index >= 15 is 0 Å². The highest BCUT2D eigenvalue weighted by Gasteiger charge is 2.31. The Balaban J connectivity index is 2.39. The molecule has 0 radical (unpaired) electrons. The molecule has 0 aromatic heterocycles. The molecule has 6 nitrogen and oxygen atoms in total. The minimum Gasteiger partial charge on any atom is -0.495 e. The van der Waals surface area contributed by atoms with E-state index in [1.54, 1.807) is 36.4 Å². The van der Waals surface area contributed by atoms with Crippen LogP contribution in [0.4, 0.5) is 11.4 Å². The van der Waals surface area contributed by atoms with Crippen molar-refractivity contribution in [2.45, 2.75) is 19.9 Å². The first-order valence-electron chi connectivity index (χ1n) is 7.84. The summed E-state index contributed by atoms with van der Waals surface area (Å²) in [5.74, 6) is -0.0642. The van der Waals surface area contributed by atoms with Gasteiger partial charge in [-0.25, -0.2) is 8.42 Å². The van der Waals surface area contributed by atoms with Gasteiger partial charge in [0.1, 0.15) is 11.8 Å². The van der Waals surface area contributed by atoms with Gasteiger partial charge in [-0.05, 0) is 55.8 Å². The molecule has 0 saturated carbocycles. The molecule has 8 heteroatoms. The molecule has 0 saturated heterocycles. The third kappa shape index (κ3) is 4.76. The Morgan fingerprint density at radius 2 is 1.81 bits per heavy atom. The second-order valence-electron chi connectivity index (χ2n) is 5.91. The molecule has 0 heterocycles. The van der Waals surface area contributed by atoms with Crippen molar-refractivity contribution in [3.05, 3.63) is 52.5 Å². The number of nitrogens with zero attached hydrogens (tertiary/aromatic N) is 1. The van der Waals surface area contributed by atoms with Crippen molar-refractivity contribution in [1.82, 2.24) is 0 Å². The fourth-order valence-electron chi connectivity index (χ4n) is 2.53. The second-order valence-corrected chi connectivity index (χ2v) is 8.68. The minimum absolute atomic E-state index is 0.327. The quantitative estimate of drug-likeness (QED) is 0.744. The average molecular weight is 441 g/mol. The van der Waals surface area contributed by atoms with Crippen molar-refractivity contribution in [2.75, 3.05) is 23.0 Å². The van der Waals surface area contributed by atoms with E-state index in [9.17, 15) is 13.2 Å². The number of carbonyl (C=O) groups is 1. The third-order valence-electron chi connectivity index (χ3n) is 3.77. The molecular weight excluding hydrogens is 420 g/mol. The molecule has 1 atom stereocenters. The molecule has 2 aromatic carbocycles. The number of anilines is 2. The maximum absolute atomic E-state index is 12.7. The molecule has 140 valence electrons. The molecule has 1 amide bonds. The Morgan fingerprint density at radius 3 is 2.35 bits per heavy atom. The first-order chi connectivity index (χ1) is 12.1. The van der Waals surface area contributed by atoms with Crippen molar-refractivity contribution in [3.8, 4) is 5.75 Å². The predicted octanol–water partition coefficient (Wildman–Crippen LogP) is 3.56. The predicted molar refractivity (Wildman–Crippen MR) is 107 cm³/mol. The third-order valence-corrected chi connectivity index (χ3v) is 5.53. The lowest BCUT2D eigenvalue weighted by Crippen LogP contribution is -2.45. The molecule has 0 spiro atoms. The fourth-order valence-corrected chi connectivity index (χ4v) is 3.97. The standard InChI is InChI=1S/C18H21BrN2O4S/c1-12-5-10-17(25-3)16(11-12)21(26(4,23)24)13(2)18(22)20-15-8-6-14(19)7-9-15/h5-11,13H,1-4H3,(H,20,22)/t13-/m0/s1. The molecular formula is C18H21BrN2O4S. The van der Waals surface area contributed by atoms with Gasteiger partial charge in [-0.2, -0.15) is 0 Å². The van der Waals surface area contributed by atoms with Gasteiger partial charge in [0.15, 0.2) is 0 Å². The van der Waals surface area contributed by atoms with E-state index in [2.05, 4.69) is 21.2 Å². The number of amides is 1. The monoisotopic (exact) mass is 440 g/mol. The van der Waals surface area contributed by atoms with Crippen LogP contribution in [0.3, 0.4) is 0 Å². The Morgan fingerprint density at radius 1 is 1.19 bits per heavy atom. The molecule has 2 aromatic rings. The van der Waals surface area contributed by atoms with Gasteiger partial charge in [0.2, 0.25) is 15.9 Å². The second kappa shape index (κ2) is 8.09. The van der Waals surface area contributed by atoms with Crippen LogP contribution in [0.25, 0.3) is 0 Å². The van der Waals surface area contributed by atoms with E-state index in [0.29, 0.717) is 17.1 Å². The summed E-state index contributed by atoms with van der Waals surface area (Å²) in [6, 6.07) is 11.3. The van der Waals surface area contributed by atoms with E-state index in [0.717, 1.165) is 20.6 Å². The SMILES string of the molecule is COc1ccc(C)cc1N([C@@H](C)C(=O)Nc1ccc(Br)cc1)S(C)(=O)=O. The molecule has 0 aliphatic rings. The lowest BCUT2D eigenvalue weighted by Gasteiger charge is -2.29. The topological polar surface area (TPSA) is 75.7 Å². The first-order valence-corrected chi connectivity index (χ1v) is 10.5. The van der Waals surface area contributed by atoms with Crippen molar-refractivity contribution < 1.29 is 17.9 Å². The fraction of sp³-hybridized carbons (Fsp3) is 0.278. The largest absolute Gasteiger partial charge is 0.495 e. The first kappa shape index (κ1) is 20.3. The van der Waals surface area contributed by atoms with Gasteiger partial charge >= 0.3 is 0 Å². The minimum atomic E-state index is -3.73. The van der Waals surface area contributed by atoms with Crippen molar-refractivity contribution in [2.24, 2.45) is 0 Å². The summed E-state index contributed by atoms with van der Waals surface area (Å²) in [5, 5.41) is 2.74. The Bertz CT molecular complexity index is 898. The smallest absolute Gasteiger partial charge is 0.247 e. The zero-order valence-electron chi connectivity index (χ0n) is 15.0. The number of nitrogens with one attached hydrogen (secondary N) is 1. The molecule has 26 heavy (non-hydrogen) atoms. The van der Waals surface area contributed by atoms with Crippen molar-refractivity contribution >= 4 is 43.2 Å². The molecule has 2 rings (SSSR count). The molecule has 0 aliphatic carbocycles. The summed E-state index contributed by atoms with van der Waals surface area (Å²) in [6.07, 6.45) is 1.07. The van der Waals surface area contributed by atoms with Gasteiger partial charge in [0.05, 0.1) is 19.1 Å². The lowest BCUT2D eigenvalue weighted by atomic mass is 10.2. The number of rotatable bonds is 6. The van der Waals surface area contributed by atoms with E-state index < -0.39 is 22.0 Å². The van der Waals surface area contributed by atoms with Gasteiger partial charge in [-0.3, -0.25) is 9.10 Å². The summed E-state index contributed by atoms with van der Waals surface area (Å²) in [6.45, 7) is 3.38. The van der Waals surface area contributed by atoms with Crippen LogP contribution in [0.5, 0.6) is 5.75 Å². The zero-order valence-corrected chi connectivity index (χ0v) is 17.4. The number of methoxy groups -OCH3 is 1. The van der Waals surface area contributed by atoms with Gasteiger partial charge < -0.3 is 10.1 Å². The maximum Gasteiger partial charge on any atom is 0.247 e. The van der Waals surface area contributed by atoms with Gasteiger partial charge in [0, 0.05) is 10.2 Å². The number of benzene rings is 2. The van der Waals surface area contributed by atoms with E-state index in [4.69, 9.17) is 4.74 Å². The summed E-state index contributed by atoms with van der Waals surface area (Å²) in [7, 11) is -2.27. The van der Waals surface area contributed by atoms with Crippen LogP contribution in [-0.4, -0.2) is 33.7 Å². The van der Waals surface area contributed by atoms with Gasteiger partial charge in [-0.15, -0.1) is 0 Å². The highest BCUT2D eigenvalue weighted by atomic mass is 79.9. The number of hydrogen-bond acceptors (Lipinski definition) is 4. The number of ether oxygens (including phenoxy) is 1. The number of halogens is 1. The molecule has 0 aliphatic heterocycles. The Hall–Kier alpha value is -2.06. The Kier molecular flexibility index (Phi) is 6.30. The van der Waals surface area contributed by atoms with Gasteiger partial charge in [0.25, 0.3) is 0 Å². The van der Waals surface area contributed by atoms with E-state index in [1.807, 2.05) is 13.0 Å². The summed E-state index contributed by atoms with van der Waals surface area (Å²) in [5.41, 5.74) is 1.76. The Labute approximate surface area is 162 Å². The van der Waals surface area contributed by atoms with Crippen LogP contribution in [0, 0.1) is 6.92 Å². The summed E-state index contributed by atoms with van der Waals surface area (Å²) < 4.78 is 32.1. The van der Waals surface area contributed by atoms with Crippen LogP contribution < -0.4 is 14.4 Å². The average Bonchev–Trinajstić information content (AvgIpc) is 2.56. The lowest BCUT2D eigenvalue weighted by molar-refractivity contribution is -0.116. The van der Waals surface area contributed by atoms with Crippen LogP contribution in [0.15, 0.2) is 46.9 Å². The highest BCUT2D eigenvalue weighted by molar-refractivity contribution is 9.10. The highest BCUT2D eigenvalue weighted by Crippen LogP contribution is 2.32. The molecule has 0 bridgehead atoms. The van der Waals surface area contributed by atoms with Crippen LogP contribution in [0.1, 0.15) is 12.5 Å². The van der Waals surface area contributed by atoms with Crippen LogP contribution in [0.2, 0.25) is 0 Å². The maximum atomic E-state index is 12.7. The number of carbonyl (C=O) groups excluding carboxylic acids is 1. The molecule has 0 fully saturated rings. The summed E-state index contributed by atoms with van der Waals surface area (Å²) >= 11 is 3.33. The molecule has 0 unspecified atom stereocenters. The van der Waals surface area contributed by atoms with Crippen LogP contribution in [-0.2, 0) is 14.8 Å². The van der Waals surface area contributed by atoms with Crippen LogP contribution >= 0.6 is 15.9 Å². The normalized spacial score (nSPS) is 12.3. The number of sulfonamides is 1. The van der Waals surface area contributed by atoms with E-state index in [1.165, 1.54) is 14.0 Å².